The van der Waals surface area contributed by atoms with E-state index in [0.29, 0.717) is 10.9 Å². The van der Waals surface area contributed by atoms with Crippen LogP contribution < -0.4 is 0 Å². The van der Waals surface area contributed by atoms with Crippen molar-refractivity contribution in [3.05, 3.63) is 27.6 Å². The zero-order chi connectivity index (χ0) is 11.9. The van der Waals surface area contributed by atoms with Crippen LogP contribution in [0.15, 0.2) is 17.0 Å². The van der Waals surface area contributed by atoms with E-state index < -0.39 is 11.1 Å². The molecule has 0 amide bonds. The second-order valence-corrected chi connectivity index (χ2v) is 4.83. The van der Waals surface area contributed by atoms with Crippen molar-refractivity contribution in [2.45, 2.75) is 4.90 Å². The Kier molecular flexibility index (Phi) is 3.32. The zero-order valence-corrected chi connectivity index (χ0v) is 10.5. The topological polar surface area (TPSA) is 65.9 Å². The maximum absolute atomic E-state index is 10.8. The van der Waals surface area contributed by atoms with Gasteiger partial charge in [-0.15, -0.1) is 0 Å². The summed E-state index contributed by atoms with van der Waals surface area (Å²) in [5.41, 5.74) is 0.393. The molecule has 0 N–H and O–H groups in total. The molecule has 8 heteroatoms. The molecule has 0 aliphatic heterocycles. The molecule has 1 heterocycles. The van der Waals surface area contributed by atoms with Crippen LogP contribution in [-0.2, 0) is 11.1 Å². The number of hydrogen-bond donors (Lipinski definition) is 0. The SMILES string of the molecule is O=S([O-])c1cc2c(Cl)nc(Cl)nc2cc1Cl. The van der Waals surface area contributed by atoms with E-state index in [-0.39, 0.29) is 20.4 Å². The van der Waals surface area contributed by atoms with Gasteiger partial charge in [0.2, 0.25) is 5.28 Å². The summed E-state index contributed by atoms with van der Waals surface area (Å²) >= 11 is 14.7. The second-order valence-electron chi connectivity index (χ2n) is 2.82. The van der Waals surface area contributed by atoms with Crippen LogP contribution in [-0.4, -0.2) is 18.7 Å². The van der Waals surface area contributed by atoms with Crippen molar-refractivity contribution in [3.63, 3.8) is 0 Å². The molecule has 0 aliphatic carbocycles. The number of rotatable bonds is 1. The molecule has 0 fully saturated rings. The Labute approximate surface area is 108 Å². The van der Waals surface area contributed by atoms with Gasteiger partial charge in [0.15, 0.2) is 0 Å². The highest BCUT2D eigenvalue weighted by atomic mass is 35.5. The van der Waals surface area contributed by atoms with Gasteiger partial charge in [-0.25, -0.2) is 9.97 Å². The maximum Gasteiger partial charge on any atom is 0.224 e. The van der Waals surface area contributed by atoms with E-state index in [0.717, 1.165) is 0 Å². The summed E-state index contributed by atoms with van der Waals surface area (Å²) in [6, 6.07) is 2.68. The van der Waals surface area contributed by atoms with E-state index >= 15 is 0 Å². The Balaban J connectivity index is 2.84. The lowest BCUT2D eigenvalue weighted by molar-refractivity contribution is 0.537. The van der Waals surface area contributed by atoms with Crippen LogP contribution in [0.3, 0.4) is 0 Å². The standard InChI is InChI=1S/C8H3Cl3N2O2S/c9-4-2-5-3(1-6(4)16(14)15)7(10)13-8(11)12-5/h1-2H,(H,14,15)/p-1. The van der Waals surface area contributed by atoms with Gasteiger partial charge in [-0.2, -0.15) is 0 Å². The summed E-state index contributed by atoms with van der Waals surface area (Å²) < 4.78 is 21.7. The van der Waals surface area contributed by atoms with Crippen LogP contribution in [0.1, 0.15) is 0 Å². The first kappa shape index (κ1) is 12.0. The molecule has 0 aliphatic rings. The van der Waals surface area contributed by atoms with E-state index in [9.17, 15) is 8.76 Å². The van der Waals surface area contributed by atoms with Crippen LogP contribution in [0.2, 0.25) is 15.5 Å². The smallest absolute Gasteiger partial charge is 0.224 e. The van der Waals surface area contributed by atoms with E-state index in [2.05, 4.69) is 9.97 Å². The Hall–Kier alpha value is -0.460. The average Bonchev–Trinajstić information content (AvgIpc) is 2.15. The summed E-state index contributed by atoms with van der Waals surface area (Å²) in [6.07, 6.45) is 0. The first-order valence-corrected chi connectivity index (χ1v) is 6.11. The lowest BCUT2D eigenvalue weighted by Crippen LogP contribution is -1.93. The zero-order valence-electron chi connectivity index (χ0n) is 7.41. The molecule has 4 nitrogen and oxygen atoms in total. The number of hydrogen-bond acceptors (Lipinski definition) is 4. The third-order valence-corrected chi connectivity index (χ3v) is 3.43. The van der Waals surface area contributed by atoms with Gasteiger partial charge in [-0.05, 0) is 34.8 Å². The van der Waals surface area contributed by atoms with Gasteiger partial charge in [-0.3, -0.25) is 4.21 Å². The molecule has 0 saturated carbocycles. The molecule has 1 atom stereocenters. The quantitative estimate of drug-likeness (QED) is 0.461. The lowest BCUT2D eigenvalue weighted by Gasteiger charge is -2.09. The van der Waals surface area contributed by atoms with Crippen molar-refractivity contribution in [1.82, 2.24) is 9.97 Å². The summed E-state index contributed by atoms with van der Waals surface area (Å²) in [5.74, 6) is 0. The van der Waals surface area contributed by atoms with E-state index in [1.807, 2.05) is 0 Å². The minimum absolute atomic E-state index is 0.0236. The Morgan fingerprint density at radius 3 is 2.50 bits per heavy atom. The van der Waals surface area contributed by atoms with Gasteiger partial charge in [0, 0.05) is 10.3 Å². The third kappa shape index (κ3) is 2.14. The van der Waals surface area contributed by atoms with Crippen LogP contribution in [0.5, 0.6) is 0 Å². The van der Waals surface area contributed by atoms with Crippen molar-refractivity contribution >= 4 is 56.8 Å². The highest BCUT2D eigenvalue weighted by molar-refractivity contribution is 7.79. The predicted molar refractivity (Wildman–Crippen MR) is 61.8 cm³/mol. The molecule has 84 valence electrons. The number of aromatic nitrogens is 2. The maximum atomic E-state index is 10.8. The largest absolute Gasteiger partial charge is 0.768 e. The predicted octanol–water partition coefficient (Wildman–Crippen LogP) is 2.83. The highest BCUT2D eigenvalue weighted by Gasteiger charge is 2.09. The highest BCUT2D eigenvalue weighted by Crippen LogP contribution is 2.29. The van der Waals surface area contributed by atoms with Gasteiger partial charge in [0.05, 0.1) is 10.5 Å². The van der Waals surface area contributed by atoms with Gasteiger partial charge in [0.1, 0.15) is 5.15 Å². The van der Waals surface area contributed by atoms with Crippen LogP contribution in [0.4, 0.5) is 0 Å². The number of benzene rings is 1. The Morgan fingerprint density at radius 1 is 1.19 bits per heavy atom. The molecule has 16 heavy (non-hydrogen) atoms. The fraction of sp³-hybridized carbons (Fsp3) is 0. The first-order valence-electron chi connectivity index (χ1n) is 3.90. The van der Waals surface area contributed by atoms with Crippen LogP contribution >= 0.6 is 34.8 Å². The summed E-state index contributed by atoms with van der Waals surface area (Å²) in [7, 11) is 0. The fourth-order valence-electron chi connectivity index (χ4n) is 1.19. The molecule has 2 rings (SSSR count). The summed E-state index contributed by atoms with van der Waals surface area (Å²) in [4.78, 5) is 7.54. The fourth-order valence-corrected chi connectivity index (χ4v) is 2.42. The second kappa shape index (κ2) is 4.43. The molecule has 2 aromatic rings. The molecule has 1 unspecified atom stereocenters. The molecule has 0 radical (unpaired) electrons. The van der Waals surface area contributed by atoms with Gasteiger partial charge < -0.3 is 4.55 Å². The van der Waals surface area contributed by atoms with E-state index in [1.54, 1.807) is 0 Å². The first-order chi connectivity index (χ1) is 7.49. The van der Waals surface area contributed by atoms with Gasteiger partial charge in [0.25, 0.3) is 0 Å². The van der Waals surface area contributed by atoms with Crippen molar-refractivity contribution in [3.8, 4) is 0 Å². The average molecular weight is 297 g/mol. The number of halogens is 3. The molecule has 1 aromatic carbocycles. The van der Waals surface area contributed by atoms with Crippen molar-refractivity contribution in [1.29, 1.82) is 0 Å². The lowest BCUT2D eigenvalue weighted by atomic mass is 10.2. The van der Waals surface area contributed by atoms with Crippen molar-refractivity contribution < 1.29 is 8.76 Å². The van der Waals surface area contributed by atoms with E-state index in [4.69, 9.17) is 34.8 Å². The molecule has 0 spiro atoms. The van der Waals surface area contributed by atoms with Crippen molar-refractivity contribution in [2.24, 2.45) is 0 Å². The minimum Gasteiger partial charge on any atom is -0.768 e. The number of fused-ring (bicyclic) bond motifs is 1. The summed E-state index contributed by atoms with van der Waals surface area (Å²) in [6.45, 7) is 0. The molecule has 1 aromatic heterocycles. The molecular formula is C8H2Cl3N2O2S-. The van der Waals surface area contributed by atoms with Crippen LogP contribution in [0, 0.1) is 0 Å². The Bertz CT molecular complexity index is 605. The molecular weight excluding hydrogens is 295 g/mol. The van der Waals surface area contributed by atoms with Crippen LogP contribution in [0.25, 0.3) is 10.9 Å². The minimum atomic E-state index is -2.44. The molecule has 0 bridgehead atoms. The van der Waals surface area contributed by atoms with Crippen molar-refractivity contribution in [2.75, 3.05) is 0 Å². The van der Waals surface area contributed by atoms with Gasteiger partial charge >= 0.3 is 0 Å². The molecule has 0 saturated heterocycles. The van der Waals surface area contributed by atoms with Gasteiger partial charge in [-0.1, -0.05) is 23.2 Å². The summed E-state index contributed by atoms with van der Waals surface area (Å²) in [5, 5.41) is 0.504. The number of nitrogens with zero attached hydrogens (tertiary/aromatic N) is 2. The Morgan fingerprint density at radius 2 is 1.88 bits per heavy atom. The normalized spacial score (nSPS) is 13.0. The monoisotopic (exact) mass is 295 g/mol. The third-order valence-electron chi connectivity index (χ3n) is 1.86. The van der Waals surface area contributed by atoms with E-state index in [1.165, 1.54) is 12.1 Å².